The summed E-state index contributed by atoms with van der Waals surface area (Å²) in [6.45, 7) is 3.57. The molecule has 0 amide bonds. The molecule has 0 aromatic rings. The highest BCUT2D eigenvalue weighted by atomic mass is 16.5. The molecule has 0 aromatic carbocycles. The molecule has 0 spiro atoms. The van der Waals surface area contributed by atoms with E-state index in [1.165, 1.54) is 12.8 Å². The van der Waals surface area contributed by atoms with E-state index in [4.69, 9.17) is 10.5 Å². The van der Waals surface area contributed by atoms with Gasteiger partial charge in [0.1, 0.15) is 0 Å². The third-order valence-corrected chi connectivity index (χ3v) is 2.56. The predicted octanol–water partition coefficient (Wildman–Crippen LogP) is -0.192. The minimum absolute atomic E-state index is 0.497. The number of nitrogens with zero attached hydrogens (tertiary/aromatic N) is 1. The lowest BCUT2D eigenvalue weighted by atomic mass is 10.2. The van der Waals surface area contributed by atoms with Crippen LogP contribution in [-0.4, -0.2) is 43.3 Å². The van der Waals surface area contributed by atoms with E-state index in [1.807, 2.05) is 0 Å². The molecule has 64 valence electrons. The van der Waals surface area contributed by atoms with Crippen molar-refractivity contribution in [3.63, 3.8) is 0 Å². The molecule has 1 saturated carbocycles. The first-order chi connectivity index (χ1) is 5.42. The molecule has 2 N–H and O–H groups in total. The zero-order valence-corrected chi connectivity index (χ0v) is 6.83. The summed E-state index contributed by atoms with van der Waals surface area (Å²) in [6, 6.07) is 1.34. The summed E-state index contributed by atoms with van der Waals surface area (Å²) in [4.78, 5) is 2.52. The highest BCUT2D eigenvalue weighted by Crippen LogP contribution is 2.29. The predicted molar refractivity (Wildman–Crippen MR) is 43.4 cm³/mol. The van der Waals surface area contributed by atoms with E-state index in [-0.39, 0.29) is 0 Å². The normalized spacial score (nSPS) is 34.1. The molecule has 1 heterocycles. The minimum atomic E-state index is 0.497. The van der Waals surface area contributed by atoms with Crippen molar-refractivity contribution in [2.75, 3.05) is 26.3 Å². The van der Waals surface area contributed by atoms with Crippen molar-refractivity contribution in [1.29, 1.82) is 0 Å². The molecule has 0 unspecified atom stereocenters. The van der Waals surface area contributed by atoms with Crippen LogP contribution in [0.2, 0.25) is 0 Å². The van der Waals surface area contributed by atoms with Gasteiger partial charge in [0.2, 0.25) is 0 Å². The Kier molecular flexibility index (Phi) is 2.11. The topological polar surface area (TPSA) is 38.5 Å². The summed E-state index contributed by atoms with van der Waals surface area (Å²) >= 11 is 0. The number of morpholine rings is 1. The Morgan fingerprint density at radius 1 is 1.45 bits per heavy atom. The van der Waals surface area contributed by atoms with Crippen LogP contribution >= 0.6 is 0 Å². The van der Waals surface area contributed by atoms with Gasteiger partial charge in [0.05, 0.1) is 13.2 Å². The average molecular weight is 156 g/mol. The Balaban J connectivity index is 1.91. The molecular formula is C8H16N2O. The number of hydrogen-bond donors (Lipinski definition) is 1. The third-order valence-electron chi connectivity index (χ3n) is 2.56. The van der Waals surface area contributed by atoms with Crippen LogP contribution in [0.4, 0.5) is 0 Å². The number of ether oxygens (including phenoxy) is 1. The van der Waals surface area contributed by atoms with E-state index in [1.54, 1.807) is 0 Å². The maximum atomic E-state index is 5.64. The van der Waals surface area contributed by atoms with E-state index < -0.39 is 0 Å². The van der Waals surface area contributed by atoms with Crippen LogP contribution in [0.25, 0.3) is 0 Å². The molecule has 1 aliphatic heterocycles. The van der Waals surface area contributed by atoms with Crippen molar-refractivity contribution >= 4 is 0 Å². The van der Waals surface area contributed by atoms with Crippen molar-refractivity contribution < 1.29 is 4.74 Å². The summed E-state index contributed by atoms with van der Waals surface area (Å²) in [5.74, 6) is 0. The van der Waals surface area contributed by atoms with Gasteiger partial charge < -0.3 is 10.5 Å². The van der Waals surface area contributed by atoms with Crippen molar-refractivity contribution in [1.82, 2.24) is 4.90 Å². The van der Waals surface area contributed by atoms with Gasteiger partial charge in [-0.2, -0.15) is 0 Å². The van der Waals surface area contributed by atoms with E-state index in [2.05, 4.69) is 4.90 Å². The molecule has 2 aliphatic rings. The summed E-state index contributed by atoms with van der Waals surface area (Å²) in [7, 11) is 0. The largest absolute Gasteiger partial charge is 0.378 e. The first kappa shape index (κ1) is 7.53. The summed E-state index contributed by atoms with van der Waals surface area (Å²) in [5.41, 5.74) is 5.64. The van der Waals surface area contributed by atoms with Crippen LogP contribution in [0.15, 0.2) is 0 Å². The molecule has 11 heavy (non-hydrogen) atoms. The Morgan fingerprint density at radius 3 is 2.91 bits per heavy atom. The molecule has 1 aliphatic carbocycles. The van der Waals surface area contributed by atoms with Gasteiger partial charge in [-0.25, -0.2) is 0 Å². The molecule has 0 bridgehead atoms. The Hall–Kier alpha value is -0.120. The summed E-state index contributed by atoms with van der Waals surface area (Å²) in [6.07, 6.45) is 2.74. The van der Waals surface area contributed by atoms with Crippen LogP contribution in [0, 0.1) is 0 Å². The number of rotatable bonds is 2. The van der Waals surface area contributed by atoms with Crippen molar-refractivity contribution in [3.8, 4) is 0 Å². The minimum Gasteiger partial charge on any atom is -0.378 e. The summed E-state index contributed by atoms with van der Waals surface area (Å²) < 4.78 is 5.36. The van der Waals surface area contributed by atoms with Crippen LogP contribution in [0.3, 0.4) is 0 Å². The Morgan fingerprint density at radius 2 is 2.27 bits per heavy atom. The van der Waals surface area contributed by atoms with Gasteiger partial charge in [-0.05, 0) is 12.8 Å². The molecular weight excluding hydrogens is 140 g/mol. The Bertz CT molecular complexity index is 136. The van der Waals surface area contributed by atoms with Gasteiger partial charge in [-0.3, -0.25) is 4.90 Å². The van der Waals surface area contributed by atoms with Crippen molar-refractivity contribution in [2.45, 2.75) is 24.9 Å². The van der Waals surface area contributed by atoms with Crippen LogP contribution in [-0.2, 0) is 4.74 Å². The highest BCUT2D eigenvalue weighted by molar-refractivity contribution is 4.90. The lowest BCUT2D eigenvalue weighted by Gasteiger charge is -2.34. The van der Waals surface area contributed by atoms with Gasteiger partial charge in [0.15, 0.2) is 0 Å². The van der Waals surface area contributed by atoms with E-state index in [0.717, 1.165) is 32.3 Å². The second-order valence-corrected chi connectivity index (χ2v) is 3.43. The molecule has 2 rings (SSSR count). The molecule has 2 fully saturated rings. The van der Waals surface area contributed by atoms with Crippen LogP contribution in [0.1, 0.15) is 12.8 Å². The zero-order valence-electron chi connectivity index (χ0n) is 6.83. The standard InChI is InChI=1S/C8H16N2O/c9-5-8-6-11-4-3-10(8)7-1-2-7/h7-8H,1-6,9H2/t8-/m1/s1. The first-order valence-electron chi connectivity index (χ1n) is 4.45. The van der Waals surface area contributed by atoms with Gasteiger partial charge in [-0.1, -0.05) is 0 Å². The number of hydrogen-bond acceptors (Lipinski definition) is 3. The fraction of sp³-hybridized carbons (Fsp3) is 1.00. The SMILES string of the molecule is NC[C@@H]1COCCN1C1CC1. The summed E-state index contributed by atoms with van der Waals surface area (Å²) in [5, 5.41) is 0. The lowest BCUT2D eigenvalue weighted by Crippen LogP contribution is -2.50. The van der Waals surface area contributed by atoms with Gasteiger partial charge in [0.25, 0.3) is 0 Å². The lowest BCUT2D eigenvalue weighted by molar-refractivity contribution is -0.00806. The quantitative estimate of drug-likeness (QED) is 0.602. The van der Waals surface area contributed by atoms with Crippen LogP contribution in [0.5, 0.6) is 0 Å². The molecule has 1 atom stereocenters. The van der Waals surface area contributed by atoms with E-state index in [9.17, 15) is 0 Å². The van der Waals surface area contributed by atoms with Crippen molar-refractivity contribution in [3.05, 3.63) is 0 Å². The second kappa shape index (κ2) is 3.09. The van der Waals surface area contributed by atoms with Gasteiger partial charge in [0, 0.05) is 25.2 Å². The fourth-order valence-electron chi connectivity index (χ4n) is 1.76. The first-order valence-corrected chi connectivity index (χ1v) is 4.45. The molecule has 0 aromatic heterocycles. The maximum absolute atomic E-state index is 5.64. The Labute approximate surface area is 67.5 Å². The smallest absolute Gasteiger partial charge is 0.0634 e. The number of nitrogens with two attached hydrogens (primary N) is 1. The highest BCUT2D eigenvalue weighted by Gasteiger charge is 2.34. The zero-order chi connectivity index (χ0) is 7.68. The molecule has 0 radical (unpaired) electrons. The molecule has 1 saturated heterocycles. The molecule has 3 heteroatoms. The van der Waals surface area contributed by atoms with Gasteiger partial charge >= 0.3 is 0 Å². The van der Waals surface area contributed by atoms with Gasteiger partial charge in [-0.15, -0.1) is 0 Å². The molecule has 3 nitrogen and oxygen atoms in total. The average Bonchev–Trinajstić information content (AvgIpc) is 2.87. The third kappa shape index (κ3) is 1.55. The van der Waals surface area contributed by atoms with E-state index >= 15 is 0 Å². The van der Waals surface area contributed by atoms with Crippen LogP contribution < -0.4 is 5.73 Å². The second-order valence-electron chi connectivity index (χ2n) is 3.43. The maximum Gasteiger partial charge on any atom is 0.0634 e. The van der Waals surface area contributed by atoms with Crippen molar-refractivity contribution in [2.24, 2.45) is 5.73 Å². The fourth-order valence-corrected chi connectivity index (χ4v) is 1.76. The van der Waals surface area contributed by atoms with E-state index in [0.29, 0.717) is 6.04 Å². The monoisotopic (exact) mass is 156 g/mol.